The summed E-state index contributed by atoms with van der Waals surface area (Å²) in [5, 5.41) is 10.9. The number of hydrogen-bond donors (Lipinski definition) is 0. The zero-order valence-corrected chi connectivity index (χ0v) is 12.7. The molecule has 5 nitrogen and oxygen atoms in total. The van der Waals surface area contributed by atoms with E-state index in [1.165, 1.54) is 6.07 Å². The number of nitro groups is 1. The van der Waals surface area contributed by atoms with Gasteiger partial charge in [-0.25, -0.2) is 4.21 Å². The lowest BCUT2D eigenvalue weighted by Gasteiger charge is -2.20. The van der Waals surface area contributed by atoms with E-state index in [1.54, 1.807) is 12.1 Å². The minimum Gasteiger partial charge on any atom is -0.258 e. The van der Waals surface area contributed by atoms with Gasteiger partial charge in [0.05, 0.1) is 15.4 Å². The Morgan fingerprint density at radius 2 is 2.00 bits per heavy atom. The van der Waals surface area contributed by atoms with Crippen LogP contribution in [0.5, 0.6) is 0 Å². The van der Waals surface area contributed by atoms with Crippen LogP contribution in [0.1, 0.15) is 44.7 Å². The van der Waals surface area contributed by atoms with Crippen LogP contribution >= 0.6 is 0 Å². The van der Waals surface area contributed by atoms with Crippen molar-refractivity contribution in [1.29, 1.82) is 0 Å². The van der Waals surface area contributed by atoms with Crippen LogP contribution in [0, 0.1) is 10.1 Å². The molecule has 108 valence electrons. The first kappa shape index (κ1) is 14.8. The van der Waals surface area contributed by atoms with Crippen molar-refractivity contribution in [3.05, 3.63) is 39.4 Å². The maximum Gasteiger partial charge on any atom is 0.270 e. The summed E-state index contributed by atoms with van der Waals surface area (Å²) < 4.78 is 16.0. The lowest BCUT2D eigenvalue weighted by molar-refractivity contribution is -0.384. The Morgan fingerprint density at radius 1 is 1.30 bits per heavy atom. The predicted octanol–water partition coefficient (Wildman–Crippen LogP) is 3.18. The Bertz CT molecular complexity index is 603. The van der Waals surface area contributed by atoms with Gasteiger partial charge in [-0.15, -0.1) is 0 Å². The second-order valence-electron chi connectivity index (χ2n) is 5.85. The van der Waals surface area contributed by atoms with Gasteiger partial charge in [0.15, 0.2) is 0 Å². The molecule has 0 aliphatic heterocycles. The minimum atomic E-state index is -1.34. The molecule has 1 unspecified atom stereocenters. The standard InChI is InChI=1S/C14H18N2O3S/c1-14(2,3)20(19)15-13-6-4-5-10-7-8-11(16(17)18)9-12(10)13/h7-9H,4-6H2,1-3H3. The van der Waals surface area contributed by atoms with E-state index >= 15 is 0 Å². The van der Waals surface area contributed by atoms with E-state index in [-0.39, 0.29) is 5.69 Å². The Morgan fingerprint density at radius 3 is 2.60 bits per heavy atom. The lowest BCUT2D eigenvalue weighted by Crippen LogP contribution is -2.22. The molecule has 1 aromatic carbocycles. The molecule has 0 bridgehead atoms. The molecule has 2 rings (SSSR count). The molecule has 1 aliphatic carbocycles. The normalized spacial score (nSPS) is 18.6. The van der Waals surface area contributed by atoms with E-state index in [2.05, 4.69) is 4.40 Å². The number of non-ortho nitro benzene ring substituents is 1. The molecule has 1 atom stereocenters. The number of hydrogen-bond acceptors (Lipinski definition) is 3. The molecule has 20 heavy (non-hydrogen) atoms. The summed E-state index contributed by atoms with van der Waals surface area (Å²) in [6.07, 6.45) is 2.54. The van der Waals surface area contributed by atoms with Gasteiger partial charge in [0, 0.05) is 17.7 Å². The van der Waals surface area contributed by atoms with E-state index in [9.17, 15) is 14.3 Å². The Kier molecular flexibility index (Phi) is 4.04. The molecule has 0 amide bonds. The first-order valence-electron chi connectivity index (χ1n) is 6.56. The third-order valence-electron chi connectivity index (χ3n) is 3.19. The highest BCUT2D eigenvalue weighted by Gasteiger charge is 2.23. The first-order chi connectivity index (χ1) is 9.29. The summed E-state index contributed by atoms with van der Waals surface area (Å²) >= 11 is 0. The van der Waals surface area contributed by atoms with E-state index in [4.69, 9.17) is 0 Å². The largest absolute Gasteiger partial charge is 0.270 e. The van der Waals surface area contributed by atoms with E-state index in [0.717, 1.165) is 36.1 Å². The molecule has 0 aromatic heterocycles. The van der Waals surface area contributed by atoms with Crippen molar-refractivity contribution in [3.8, 4) is 0 Å². The minimum absolute atomic E-state index is 0.0555. The monoisotopic (exact) mass is 294 g/mol. The molecule has 0 radical (unpaired) electrons. The van der Waals surface area contributed by atoms with Gasteiger partial charge in [0.1, 0.15) is 11.0 Å². The van der Waals surface area contributed by atoms with Crippen LogP contribution in [-0.4, -0.2) is 19.6 Å². The third kappa shape index (κ3) is 3.12. The van der Waals surface area contributed by atoms with Gasteiger partial charge in [-0.2, -0.15) is 4.40 Å². The van der Waals surface area contributed by atoms with Crippen LogP contribution in [0.2, 0.25) is 0 Å². The van der Waals surface area contributed by atoms with Crippen LogP contribution < -0.4 is 0 Å². The Hall–Kier alpha value is -1.56. The quantitative estimate of drug-likeness (QED) is 0.621. The van der Waals surface area contributed by atoms with Crippen molar-refractivity contribution in [1.82, 2.24) is 0 Å². The Balaban J connectivity index is 2.46. The molecule has 6 heteroatoms. The number of nitro benzene ring substituents is 1. The maximum atomic E-state index is 12.2. The number of rotatable bonds is 2. The fraction of sp³-hybridized carbons (Fsp3) is 0.500. The highest BCUT2D eigenvalue weighted by atomic mass is 32.2. The van der Waals surface area contributed by atoms with Crippen LogP contribution in [0.25, 0.3) is 0 Å². The SMILES string of the molecule is CC(C)(C)S(=O)N=C1CCCc2ccc([N+](=O)[O-])cc21. The molecular weight excluding hydrogens is 276 g/mol. The summed E-state index contributed by atoms with van der Waals surface area (Å²) in [5.74, 6) is 0. The summed E-state index contributed by atoms with van der Waals surface area (Å²) in [4.78, 5) is 10.5. The van der Waals surface area contributed by atoms with Crippen molar-refractivity contribution in [3.63, 3.8) is 0 Å². The highest BCUT2D eigenvalue weighted by molar-refractivity contribution is 7.85. The van der Waals surface area contributed by atoms with Crippen molar-refractivity contribution < 1.29 is 9.13 Å². The van der Waals surface area contributed by atoms with Gasteiger partial charge in [-0.05, 0) is 45.6 Å². The van der Waals surface area contributed by atoms with Crippen LogP contribution in [0.4, 0.5) is 5.69 Å². The van der Waals surface area contributed by atoms with Crippen molar-refractivity contribution in [2.24, 2.45) is 4.40 Å². The molecule has 1 aromatic rings. The number of aryl methyl sites for hydroxylation is 1. The zero-order valence-electron chi connectivity index (χ0n) is 11.9. The Labute approximate surface area is 120 Å². The summed E-state index contributed by atoms with van der Waals surface area (Å²) in [7, 11) is -1.34. The fourth-order valence-electron chi connectivity index (χ4n) is 2.08. The smallest absolute Gasteiger partial charge is 0.258 e. The number of fused-ring (bicyclic) bond motifs is 1. The van der Waals surface area contributed by atoms with Gasteiger partial charge in [0.25, 0.3) is 5.69 Å². The third-order valence-corrected chi connectivity index (χ3v) is 4.63. The molecule has 0 fully saturated rings. The zero-order chi connectivity index (χ0) is 14.9. The average Bonchev–Trinajstić information content (AvgIpc) is 2.37. The van der Waals surface area contributed by atoms with Gasteiger partial charge < -0.3 is 0 Å². The summed E-state index contributed by atoms with van der Waals surface area (Å²) in [6.45, 7) is 5.60. The number of benzene rings is 1. The van der Waals surface area contributed by atoms with Crippen LogP contribution in [-0.2, 0) is 17.4 Å². The van der Waals surface area contributed by atoms with Crippen molar-refractivity contribution in [2.45, 2.75) is 44.8 Å². The predicted molar refractivity (Wildman–Crippen MR) is 80.5 cm³/mol. The van der Waals surface area contributed by atoms with Crippen molar-refractivity contribution in [2.75, 3.05) is 0 Å². The second kappa shape index (κ2) is 5.44. The molecule has 0 N–H and O–H groups in total. The van der Waals surface area contributed by atoms with Gasteiger partial charge in [-0.1, -0.05) is 6.07 Å². The van der Waals surface area contributed by atoms with Crippen LogP contribution in [0.15, 0.2) is 22.6 Å². The fourth-order valence-corrected chi connectivity index (χ4v) is 2.74. The van der Waals surface area contributed by atoms with E-state index < -0.39 is 20.7 Å². The first-order valence-corrected chi connectivity index (χ1v) is 7.67. The molecule has 0 heterocycles. The summed E-state index contributed by atoms with van der Waals surface area (Å²) in [5.41, 5.74) is 2.61. The van der Waals surface area contributed by atoms with E-state index in [1.807, 2.05) is 20.8 Å². The van der Waals surface area contributed by atoms with E-state index in [0.29, 0.717) is 0 Å². The van der Waals surface area contributed by atoms with Gasteiger partial charge in [0.2, 0.25) is 0 Å². The summed E-state index contributed by atoms with van der Waals surface area (Å²) in [6, 6.07) is 4.85. The molecule has 0 saturated heterocycles. The lowest BCUT2D eigenvalue weighted by atomic mass is 9.90. The topological polar surface area (TPSA) is 72.6 Å². The molecule has 1 aliphatic rings. The van der Waals surface area contributed by atoms with Crippen molar-refractivity contribution >= 4 is 22.4 Å². The van der Waals surface area contributed by atoms with Gasteiger partial charge in [-0.3, -0.25) is 10.1 Å². The molecular formula is C14H18N2O3S. The number of nitrogens with zero attached hydrogens (tertiary/aromatic N) is 2. The van der Waals surface area contributed by atoms with Gasteiger partial charge >= 0.3 is 0 Å². The molecule has 0 saturated carbocycles. The second-order valence-corrected chi connectivity index (χ2v) is 7.76. The maximum absolute atomic E-state index is 12.2. The average molecular weight is 294 g/mol. The molecule has 0 spiro atoms. The highest BCUT2D eigenvalue weighted by Crippen LogP contribution is 2.27. The van der Waals surface area contributed by atoms with Crippen LogP contribution in [0.3, 0.4) is 0 Å².